The molecule has 1 aliphatic rings. The molecule has 5 heterocycles. The number of anilines is 3. The van der Waals surface area contributed by atoms with E-state index < -0.39 is 0 Å². The number of rotatable bonds is 5. The highest BCUT2D eigenvalue weighted by Gasteiger charge is 2.19. The maximum absolute atomic E-state index is 12.9. The molecule has 0 aliphatic carbocycles. The van der Waals surface area contributed by atoms with Crippen LogP contribution in [0.25, 0.3) is 28.0 Å². The second-order valence-corrected chi connectivity index (χ2v) is 9.68. The van der Waals surface area contributed by atoms with Crippen molar-refractivity contribution in [2.75, 3.05) is 29.9 Å². The normalized spacial score (nSPS) is 15.7. The Morgan fingerprint density at radius 2 is 1.97 bits per heavy atom. The predicted octanol–water partition coefficient (Wildman–Crippen LogP) is 4.76. The summed E-state index contributed by atoms with van der Waals surface area (Å²) in [5, 5.41) is 4.69. The Bertz CT molecular complexity index is 1690. The van der Waals surface area contributed by atoms with Gasteiger partial charge in [0, 0.05) is 36.9 Å². The summed E-state index contributed by atoms with van der Waals surface area (Å²) in [6.07, 6.45) is 5.52. The van der Waals surface area contributed by atoms with E-state index in [0.29, 0.717) is 22.6 Å². The maximum Gasteiger partial charge on any atom is 0.259 e. The largest absolute Gasteiger partial charge is 0.375 e. The van der Waals surface area contributed by atoms with Gasteiger partial charge in [-0.2, -0.15) is 0 Å². The lowest BCUT2D eigenvalue weighted by molar-refractivity contribution is 0.0532. The molecule has 5 aromatic rings. The molecule has 0 radical (unpaired) electrons. The lowest BCUT2D eigenvalue weighted by Gasteiger charge is -2.34. The van der Waals surface area contributed by atoms with Gasteiger partial charge in [0.05, 0.1) is 35.2 Å². The minimum atomic E-state index is -0.199. The Labute approximate surface area is 220 Å². The van der Waals surface area contributed by atoms with E-state index in [-0.39, 0.29) is 11.7 Å². The zero-order valence-corrected chi connectivity index (χ0v) is 21.6. The summed E-state index contributed by atoms with van der Waals surface area (Å²) < 4.78 is 7.58. The van der Waals surface area contributed by atoms with Crippen LogP contribution in [0.3, 0.4) is 0 Å². The number of imidazole rings is 1. The molecule has 2 N–H and O–H groups in total. The van der Waals surface area contributed by atoms with Gasteiger partial charge in [-0.05, 0) is 74.2 Å². The third-order valence-electron chi connectivity index (χ3n) is 6.77. The minimum absolute atomic E-state index is 0.199. The number of fused-ring (bicyclic) bond motifs is 1. The van der Waals surface area contributed by atoms with Gasteiger partial charge in [0.2, 0.25) is 0 Å². The standard InChI is InChI=1S/C29H29N7O2/c1-18-13-22(7-8-25(18)35-11-12-38-20(3)16-35)32-28-27-21(9-10-30-29(27)37)14-24(34-28)23-5-4-6-26(33-23)36-15-19(2)31-17-36/h4-10,13-15,17,20H,11-12,16H2,1-3H3,(H,30,37)(H,32,34)/t20-/m1/s1. The second kappa shape index (κ2) is 9.75. The average molecular weight is 508 g/mol. The molecule has 9 heteroatoms. The number of benzene rings is 1. The van der Waals surface area contributed by atoms with Crippen LogP contribution in [0.15, 0.2) is 72.0 Å². The van der Waals surface area contributed by atoms with E-state index in [1.54, 1.807) is 12.5 Å². The van der Waals surface area contributed by atoms with Crippen molar-refractivity contribution in [1.29, 1.82) is 0 Å². The van der Waals surface area contributed by atoms with Gasteiger partial charge in [0.1, 0.15) is 18.0 Å². The van der Waals surface area contributed by atoms with Gasteiger partial charge in [-0.1, -0.05) is 6.07 Å². The van der Waals surface area contributed by atoms with Gasteiger partial charge in [-0.15, -0.1) is 0 Å². The molecule has 0 spiro atoms. The second-order valence-electron chi connectivity index (χ2n) is 9.68. The van der Waals surface area contributed by atoms with Gasteiger partial charge < -0.3 is 19.9 Å². The SMILES string of the molecule is Cc1cn(-c2cccc(-c3cc4cc[nH]c(=O)c4c(Nc4ccc(N5CCO[C@H](C)C5)c(C)c4)n3)n2)cn1. The number of ether oxygens (including phenoxy) is 1. The third kappa shape index (κ3) is 4.64. The van der Waals surface area contributed by atoms with Crippen molar-refractivity contribution in [3.63, 3.8) is 0 Å². The Hall–Kier alpha value is -4.50. The smallest absolute Gasteiger partial charge is 0.259 e. The molecule has 1 aromatic carbocycles. The van der Waals surface area contributed by atoms with Crippen molar-refractivity contribution in [3.05, 3.63) is 88.9 Å². The van der Waals surface area contributed by atoms with Crippen molar-refractivity contribution in [3.8, 4) is 17.2 Å². The summed E-state index contributed by atoms with van der Waals surface area (Å²) in [5.74, 6) is 1.23. The molecule has 0 unspecified atom stereocenters. The van der Waals surface area contributed by atoms with Crippen LogP contribution >= 0.6 is 0 Å². The maximum atomic E-state index is 12.9. The average Bonchev–Trinajstić information content (AvgIpc) is 3.35. The first-order chi connectivity index (χ1) is 18.4. The van der Waals surface area contributed by atoms with E-state index in [0.717, 1.165) is 47.8 Å². The highest BCUT2D eigenvalue weighted by Crippen LogP contribution is 2.30. The summed E-state index contributed by atoms with van der Waals surface area (Å²) in [6.45, 7) is 8.59. The number of nitrogens with one attached hydrogen (secondary N) is 2. The van der Waals surface area contributed by atoms with Crippen molar-refractivity contribution in [1.82, 2.24) is 24.5 Å². The lowest BCUT2D eigenvalue weighted by atomic mass is 10.1. The summed E-state index contributed by atoms with van der Waals surface area (Å²) >= 11 is 0. The molecule has 6 rings (SSSR count). The zero-order valence-electron chi connectivity index (χ0n) is 21.6. The van der Waals surface area contributed by atoms with E-state index in [9.17, 15) is 4.79 Å². The van der Waals surface area contributed by atoms with Gasteiger partial charge >= 0.3 is 0 Å². The van der Waals surface area contributed by atoms with E-state index in [2.05, 4.69) is 46.2 Å². The molecule has 0 bridgehead atoms. The Morgan fingerprint density at radius 3 is 2.76 bits per heavy atom. The summed E-state index contributed by atoms with van der Waals surface area (Å²) in [4.78, 5) is 32.0. The number of aryl methyl sites for hydroxylation is 2. The summed E-state index contributed by atoms with van der Waals surface area (Å²) in [5.41, 5.74) is 5.27. The first-order valence-electron chi connectivity index (χ1n) is 12.7. The van der Waals surface area contributed by atoms with Crippen LogP contribution in [0, 0.1) is 13.8 Å². The molecule has 1 saturated heterocycles. The third-order valence-corrected chi connectivity index (χ3v) is 6.77. The van der Waals surface area contributed by atoms with Crippen molar-refractivity contribution < 1.29 is 4.74 Å². The molecule has 4 aromatic heterocycles. The molecule has 0 saturated carbocycles. The van der Waals surface area contributed by atoms with Crippen LogP contribution in [-0.4, -0.2) is 50.3 Å². The molecule has 1 atom stereocenters. The quantitative estimate of drug-likeness (QED) is 0.354. The molecule has 192 valence electrons. The number of H-pyrrole nitrogens is 1. The molecular formula is C29H29N7O2. The fourth-order valence-corrected chi connectivity index (χ4v) is 4.95. The number of pyridine rings is 3. The van der Waals surface area contributed by atoms with Crippen LogP contribution in [0.2, 0.25) is 0 Å². The summed E-state index contributed by atoms with van der Waals surface area (Å²) in [7, 11) is 0. The van der Waals surface area contributed by atoms with Crippen LogP contribution in [-0.2, 0) is 4.74 Å². The van der Waals surface area contributed by atoms with E-state index >= 15 is 0 Å². The zero-order chi connectivity index (χ0) is 26.2. The van der Waals surface area contributed by atoms with Crippen molar-refractivity contribution >= 4 is 28.0 Å². The Kier molecular flexibility index (Phi) is 6.13. The Balaban J connectivity index is 1.38. The topological polar surface area (TPSA) is 101 Å². The van der Waals surface area contributed by atoms with Crippen molar-refractivity contribution in [2.24, 2.45) is 0 Å². The molecule has 1 aliphatic heterocycles. The number of aromatic nitrogens is 5. The molecule has 9 nitrogen and oxygen atoms in total. The summed E-state index contributed by atoms with van der Waals surface area (Å²) in [6, 6.07) is 15.8. The molecule has 38 heavy (non-hydrogen) atoms. The van der Waals surface area contributed by atoms with Crippen molar-refractivity contribution in [2.45, 2.75) is 26.9 Å². The van der Waals surface area contributed by atoms with Crippen LogP contribution < -0.4 is 15.8 Å². The molecule has 1 fully saturated rings. The predicted molar refractivity (Wildman–Crippen MR) is 150 cm³/mol. The number of aromatic amines is 1. The van der Waals surface area contributed by atoms with Gasteiger partial charge in [-0.3, -0.25) is 9.36 Å². The van der Waals surface area contributed by atoms with Crippen LogP contribution in [0.1, 0.15) is 18.2 Å². The minimum Gasteiger partial charge on any atom is -0.375 e. The van der Waals surface area contributed by atoms with Gasteiger partial charge in [-0.25, -0.2) is 15.0 Å². The van der Waals surface area contributed by atoms with E-state index in [1.807, 2.05) is 54.1 Å². The fourth-order valence-electron chi connectivity index (χ4n) is 4.95. The monoisotopic (exact) mass is 507 g/mol. The highest BCUT2D eigenvalue weighted by molar-refractivity contribution is 5.95. The fraction of sp³-hybridized carbons (Fsp3) is 0.241. The first-order valence-corrected chi connectivity index (χ1v) is 12.7. The Morgan fingerprint density at radius 1 is 1.08 bits per heavy atom. The first kappa shape index (κ1) is 23.9. The van der Waals surface area contributed by atoms with Gasteiger partial charge in [0.25, 0.3) is 5.56 Å². The number of hydrogen-bond donors (Lipinski definition) is 2. The number of nitrogens with zero attached hydrogens (tertiary/aromatic N) is 5. The lowest BCUT2D eigenvalue weighted by Crippen LogP contribution is -2.41. The van der Waals surface area contributed by atoms with Crippen LogP contribution in [0.4, 0.5) is 17.2 Å². The van der Waals surface area contributed by atoms with E-state index in [1.165, 1.54) is 5.69 Å². The molecule has 0 amide bonds. The van der Waals surface area contributed by atoms with Crippen LogP contribution in [0.5, 0.6) is 0 Å². The number of hydrogen-bond acceptors (Lipinski definition) is 7. The number of morpholine rings is 1. The van der Waals surface area contributed by atoms with E-state index in [4.69, 9.17) is 14.7 Å². The molecular weight excluding hydrogens is 478 g/mol. The highest BCUT2D eigenvalue weighted by atomic mass is 16.5. The van der Waals surface area contributed by atoms with Gasteiger partial charge in [0.15, 0.2) is 0 Å².